The first-order valence-corrected chi connectivity index (χ1v) is 9.48. The molecule has 0 aliphatic rings. The van der Waals surface area contributed by atoms with Crippen LogP contribution in [0.1, 0.15) is 0 Å². The molecule has 0 spiro atoms. The molecule has 4 aromatic rings. The second-order valence-electron chi connectivity index (χ2n) is 4.44. The van der Waals surface area contributed by atoms with Crippen LogP contribution in [0.2, 0.25) is 0 Å². The van der Waals surface area contributed by atoms with Gasteiger partial charge in [-0.1, -0.05) is 36.4 Å². The highest BCUT2D eigenvalue weighted by atomic mass is 32.3. The Labute approximate surface area is 139 Å². The fourth-order valence-electron chi connectivity index (χ4n) is 2.08. The lowest BCUT2D eigenvalue weighted by molar-refractivity contribution is 0.761. The summed E-state index contributed by atoms with van der Waals surface area (Å²) in [6, 6.07) is 21.2. The predicted molar refractivity (Wildman–Crippen MR) is 96.4 cm³/mol. The third-order valence-corrected chi connectivity index (χ3v) is 6.88. The zero-order valence-electron chi connectivity index (χ0n) is 10.8. The van der Waals surface area contributed by atoms with Gasteiger partial charge in [0.05, 0.1) is 32.5 Å². The Morgan fingerprint density at radius 2 is 1.14 bits per heavy atom. The van der Waals surface area contributed by atoms with Crippen LogP contribution in [0, 0.1) is 0 Å². The SMILES string of the molecule is c1ccc2sc(SOSc3cc4ccccc4s3)cc2c1. The quantitative estimate of drug-likeness (QED) is 0.374. The number of fused-ring (bicyclic) bond motifs is 2. The van der Waals surface area contributed by atoms with Gasteiger partial charge in [0.15, 0.2) is 0 Å². The summed E-state index contributed by atoms with van der Waals surface area (Å²) >= 11 is 6.41. The molecule has 2 heterocycles. The van der Waals surface area contributed by atoms with E-state index >= 15 is 0 Å². The van der Waals surface area contributed by atoms with E-state index in [0.717, 1.165) is 0 Å². The van der Waals surface area contributed by atoms with E-state index in [-0.39, 0.29) is 0 Å². The molecule has 2 aromatic carbocycles. The molecule has 0 saturated carbocycles. The van der Waals surface area contributed by atoms with Gasteiger partial charge in [-0.25, -0.2) is 3.63 Å². The largest absolute Gasteiger partial charge is 0.235 e. The Kier molecular flexibility index (Phi) is 3.92. The van der Waals surface area contributed by atoms with Crippen LogP contribution in [0.15, 0.2) is 69.1 Å². The average molecular weight is 347 g/mol. The summed E-state index contributed by atoms with van der Waals surface area (Å²) in [6.07, 6.45) is 0. The summed E-state index contributed by atoms with van der Waals surface area (Å²) in [5, 5.41) is 2.56. The van der Waals surface area contributed by atoms with E-state index in [1.54, 1.807) is 22.7 Å². The molecule has 2 aromatic heterocycles. The lowest BCUT2D eigenvalue weighted by Gasteiger charge is -1.95. The molecule has 0 radical (unpaired) electrons. The monoisotopic (exact) mass is 346 g/mol. The van der Waals surface area contributed by atoms with Crippen molar-refractivity contribution in [3.63, 3.8) is 0 Å². The number of hydrogen-bond acceptors (Lipinski definition) is 5. The van der Waals surface area contributed by atoms with Crippen molar-refractivity contribution in [3.8, 4) is 0 Å². The second kappa shape index (κ2) is 6.02. The minimum absolute atomic E-state index is 1.19. The minimum atomic E-state index is 1.19. The van der Waals surface area contributed by atoms with Crippen molar-refractivity contribution in [2.75, 3.05) is 0 Å². The summed E-state index contributed by atoms with van der Waals surface area (Å²) in [7, 11) is 0. The van der Waals surface area contributed by atoms with Crippen molar-refractivity contribution in [3.05, 3.63) is 60.7 Å². The van der Waals surface area contributed by atoms with E-state index in [4.69, 9.17) is 3.63 Å². The molecular formula is C16H10OS4. The van der Waals surface area contributed by atoms with Crippen molar-refractivity contribution < 1.29 is 3.63 Å². The molecule has 0 amide bonds. The van der Waals surface area contributed by atoms with Crippen LogP contribution in [0.3, 0.4) is 0 Å². The zero-order valence-corrected chi connectivity index (χ0v) is 14.1. The molecule has 21 heavy (non-hydrogen) atoms. The van der Waals surface area contributed by atoms with Crippen molar-refractivity contribution >= 4 is 66.9 Å². The molecule has 0 atom stereocenters. The van der Waals surface area contributed by atoms with Crippen LogP contribution in [-0.4, -0.2) is 0 Å². The van der Waals surface area contributed by atoms with E-state index in [9.17, 15) is 0 Å². The molecule has 0 aliphatic heterocycles. The molecule has 0 aliphatic carbocycles. The third kappa shape index (κ3) is 2.98. The van der Waals surface area contributed by atoms with Crippen LogP contribution < -0.4 is 0 Å². The van der Waals surface area contributed by atoms with Gasteiger partial charge in [-0.05, 0) is 35.0 Å². The molecule has 0 fully saturated rings. The number of thiophene rings is 2. The summed E-state index contributed by atoms with van der Waals surface area (Å²) < 4.78 is 10.7. The van der Waals surface area contributed by atoms with Gasteiger partial charge in [0.1, 0.15) is 0 Å². The first-order valence-electron chi connectivity index (χ1n) is 6.37. The normalized spacial score (nSPS) is 11.4. The maximum atomic E-state index is 5.72. The second-order valence-corrected chi connectivity index (χ2v) is 8.88. The minimum Gasteiger partial charge on any atom is -0.235 e. The summed E-state index contributed by atoms with van der Waals surface area (Å²) in [4.78, 5) is 0. The lowest BCUT2D eigenvalue weighted by atomic mass is 10.3. The Bertz CT molecular complexity index is 753. The topological polar surface area (TPSA) is 9.23 Å². The summed E-state index contributed by atoms with van der Waals surface area (Å²) in [5.74, 6) is 0. The van der Waals surface area contributed by atoms with Crippen LogP contribution in [0.5, 0.6) is 0 Å². The molecule has 0 saturated heterocycles. The van der Waals surface area contributed by atoms with E-state index in [1.807, 2.05) is 0 Å². The predicted octanol–water partition coefficient (Wildman–Crippen LogP) is 6.85. The van der Waals surface area contributed by atoms with Gasteiger partial charge in [0, 0.05) is 9.40 Å². The first-order chi connectivity index (χ1) is 10.4. The fourth-order valence-corrected chi connectivity index (χ4v) is 6.00. The van der Waals surface area contributed by atoms with Gasteiger partial charge in [-0.2, -0.15) is 0 Å². The molecule has 4 rings (SSSR count). The van der Waals surface area contributed by atoms with Crippen LogP contribution >= 0.6 is 46.8 Å². The highest BCUT2D eigenvalue weighted by Gasteiger charge is 2.06. The molecular weight excluding hydrogens is 336 g/mol. The van der Waals surface area contributed by atoms with Crippen molar-refractivity contribution in [1.82, 2.24) is 0 Å². The summed E-state index contributed by atoms with van der Waals surface area (Å²) in [5.41, 5.74) is 0. The standard InChI is InChI=1S/C16H10OS4/c1-3-7-13-11(5-1)9-15(18-13)20-17-21-16-10-12-6-2-4-8-14(12)19-16/h1-10H. The van der Waals surface area contributed by atoms with Gasteiger partial charge in [0.25, 0.3) is 0 Å². The Morgan fingerprint density at radius 3 is 1.62 bits per heavy atom. The van der Waals surface area contributed by atoms with Crippen LogP contribution in [-0.2, 0) is 3.63 Å². The zero-order chi connectivity index (χ0) is 14.1. The van der Waals surface area contributed by atoms with E-state index < -0.39 is 0 Å². The lowest BCUT2D eigenvalue weighted by Crippen LogP contribution is -1.63. The number of hydrogen-bond donors (Lipinski definition) is 0. The smallest absolute Gasteiger partial charge is 0.0901 e. The van der Waals surface area contributed by atoms with Crippen LogP contribution in [0.4, 0.5) is 0 Å². The number of benzene rings is 2. The first kappa shape index (κ1) is 13.7. The van der Waals surface area contributed by atoms with E-state index in [2.05, 4.69) is 60.7 Å². The fraction of sp³-hybridized carbons (Fsp3) is 0. The molecule has 1 nitrogen and oxygen atoms in total. The third-order valence-electron chi connectivity index (χ3n) is 3.04. The van der Waals surface area contributed by atoms with Crippen LogP contribution in [0.25, 0.3) is 20.2 Å². The Hall–Kier alpha value is -0.980. The maximum Gasteiger partial charge on any atom is 0.0901 e. The van der Waals surface area contributed by atoms with Gasteiger partial charge >= 0.3 is 0 Å². The maximum absolute atomic E-state index is 5.72. The van der Waals surface area contributed by atoms with Crippen molar-refractivity contribution in [1.29, 1.82) is 0 Å². The van der Waals surface area contributed by atoms with Crippen molar-refractivity contribution in [2.45, 2.75) is 8.42 Å². The molecule has 5 heteroatoms. The highest BCUT2D eigenvalue weighted by molar-refractivity contribution is 8.09. The van der Waals surface area contributed by atoms with Gasteiger partial charge in [-0.3, -0.25) is 0 Å². The number of rotatable bonds is 4. The Balaban J connectivity index is 1.44. The molecule has 104 valence electrons. The van der Waals surface area contributed by atoms with Gasteiger partial charge in [0.2, 0.25) is 0 Å². The Morgan fingerprint density at radius 1 is 0.667 bits per heavy atom. The molecule has 0 N–H and O–H groups in total. The van der Waals surface area contributed by atoms with Gasteiger partial charge < -0.3 is 0 Å². The summed E-state index contributed by atoms with van der Waals surface area (Å²) in [6.45, 7) is 0. The highest BCUT2D eigenvalue weighted by Crippen LogP contribution is 2.39. The molecule has 0 bridgehead atoms. The van der Waals surface area contributed by atoms with E-state index in [0.29, 0.717) is 0 Å². The van der Waals surface area contributed by atoms with Crippen molar-refractivity contribution in [2.24, 2.45) is 0 Å². The van der Waals surface area contributed by atoms with E-state index in [1.165, 1.54) is 52.7 Å². The molecule has 0 unspecified atom stereocenters. The average Bonchev–Trinajstić information content (AvgIpc) is 3.09. The van der Waals surface area contributed by atoms with Gasteiger partial charge in [-0.15, -0.1) is 22.7 Å².